The summed E-state index contributed by atoms with van der Waals surface area (Å²) in [5.74, 6) is 0. The first-order chi connectivity index (χ1) is 6.89. The molecule has 0 aromatic rings. The zero-order chi connectivity index (χ0) is 11.3. The first-order valence-corrected chi connectivity index (χ1v) is 5.46. The fourth-order valence-corrected chi connectivity index (χ4v) is 3.63. The van der Waals surface area contributed by atoms with Gasteiger partial charge in [0.1, 0.15) is 0 Å². The molecule has 1 N–H and O–H groups in total. The van der Waals surface area contributed by atoms with E-state index in [9.17, 15) is 9.90 Å². The molecule has 0 radical (unpaired) electrons. The van der Waals surface area contributed by atoms with Crippen molar-refractivity contribution in [2.24, 2.45) is 10.8 Å². The van der Waals surface area contributed by atoms with Crippen molar-refractivity contribution in [1.82, 2.24) is 9.80 Å². The molecule has 2 saturated heterocycles. The Labute approximate surface area is 90.9 Å². The predicted molar refractivity (Wildman–Crippen MR) is 57.4 cm³/mol. The van der Waals surface area contributed by atoms with E-state index >= 15 is 0 Å². The molecule has 2 heterocycles. The number of carbonyl (C=O) groups is 1. The minimum absolute atomic E-state index is 0.180. The van der Waals surface area contributed by atoms with Crippen LogP contribution in [0, 0.1) is 10.8 Å². The van der Waals surface area contributed by atoms with E-state index in [1.807, 2.05) is 0 Å². The molecule has 2 fully saturated rings. The van der Waals surface area contributed by atoms with Crippen molar-refractivity contribution < 1.29 is 9.90 Å². The van der Waals surface area contributed by atoms with Gasteiger partial charge in [-0.25, -0.2) is 0 Å². The normalized spacial score (nSPS) is 46.7. The van der Waals surface area contributed by atoms with Gasteiger partial charge in [-0.1, -0.05) is 13.8 Å². The van der Waals surface area contributed by atoms with Crippen molar-refractivity contribution >= 4 is 6.41 Å². The maximum absolute atomic E-state index is 10.9. The average Bonchev–Trinajstić information content (AvgIpc) is 2.10. The van der Waals surface area contributed by atoms with Gasteiger partial charge in [-0.15, -0.1) is 0 Å². The number of hydrogen-bond donors (Lipinski definition) is 1. The minimum atomic E-state index is -0.308. The van der Waals surface area contributed by atoms with Gasteiger partial charge in [0.15, 0.2) is 0 Å². The summed E-state index contributed by atoms with van der Waals surface area (Å²) in [5.41, 5.74) is -0.359. The van der Waals surface area contributed by atoms with Gasteiger partial charge in [0.2, 0.25) is 6.41 Å². The summed E-state index contributed by atoms with van der Waals surface area (Å²) < 4.78 is 0. The summed E-state index contributed by atoms with van der Waals surface area (Å²) in [5, 5.41) is 10.4. The van der Waals surface area contributed by atoms with Gasteiger partial charge in [0.25, 0.3) is 0 Å². The lowest BCUT2D eigenvalue weighted by molar-refractivity contribution is -0.172. The van der Waals surface area contributed by atoms with Crippen molar-refractivity contribution in [2.45, 2.75) is 20.0 Å². The number of hydrogen-bond acceptors (Lipinski definition) is 3. The standard InChI is InChI=1S/C11H20N2O2/c1-10-4-12(3)5-11(2,9(10)15)7-13(6-10)8-14/h8-9,15H,4-7H2,1-3H3/t9?,10-,11+. The average molecular weight is 212 g/mol. The molecular formula is C11H20N2O2. The number of carbonyl (C=O) groups excluding carboxylic acids is 1. The molecule has 3 atom stereocenters. The van der Waals surface area contributed by atoms with Crippen molar-refractivity contribution in [3.8, 4) is 0 Å². The lowest BCUT2D eigenvalue weighted by Crippen LogP contribution is -2.69. The Morgan fingerprint density at radius 2 is 1.67 bits per heavy atom. The third-order valence-electron chi connectivity index (χ3n) is 3.86. The summed E-state index contributed by atoms with van der Waals surface area (Å²) in [6.45, 7) is 7.18. The van der Waals surface area contributed by atoms with Crippen LogP contribution in [-0.4, -0.2) is 60.6 Å². The van der Waals surface area contributed by atoms with E-state index in [2.05, 4.69) is 25.8 Å². The zero-order valence-corrected chi connectivity index (χ0v) is 9.73. The Hall–Kier alpha value is -0.610. The number of rotatable bonds is 1. The van der Waals surface area contributed by atoms with Crippen molar-refractivity contribution in [1.29, 1.82) is 0 Å². The summed E-state index contributed by atoms with van der Waals surface area (Å²) >= 11 is 0. The van der Waals surface area contributed by atoms with Crippen LogP contribution in [0.3, 0.4) is 0 Å². The first-order valence-electron chi connectivity index (χ1n) is 5.46. The van der Waals surface area contributed by atoms with Crippen LogP contribution in [0.1, 0.15) is 13.8 Å². The Balaban J connectivity index is 2.32. The highest BCUT2D eigenvalue weighted by Gasteiger charge is 2.54. The van der Waals surface area contributed by atoms with Gasteiger partial charge in [0, 0.05) is 37.0 Å². The summed E-state index contributed by atoms with van der Waals surface area (Å²) in [6.07, 6.45) is 0.602. The lowest BCUT2D eigenvalue weighted by atomic mass is 9.63. The molecule has 2 rings (SSSR count). The van der Waals surface area contributed by atoms with Gasteiger partial charge >= 0.3 is 0 Å². The van der Waals surface area contributed by atoms with Crippen molar-refractivity contribution in [3.63, 3.8) is 0 Å². The smallest absolute Gasteiger partial charge is 0.209 e. The topological polar surface area (TPSA) is 43.8 Å². The van der Waals surface area contributed by atoms with Crippen LogP contribution in [0.15, 0.2) is 0 Å². The molecule has 0 aliphatic carbocycles. The third-order valence-corrected chi connectivity index (χ3v) is 3.86. The monoisotopic (exact) mass is 212 g/mol. The molecule has 2 bridgehead atoms. The van der Waals surface area contributed by atoms with Gasteiger partial charge in [-0.05, 0) is 7.05 Å². The number of nitrogens with zero attached hydrogens (tertiary/aromatic N) is 2. The van der Waals surface area contributed by atoms with Gasteiger partial charge in [-0.2, -0.15) is 0 Å². The number of aliphatic hydroxyl groups excluding tert-OH is 1. The molecular weight excluding hydrogens is 192 g/mol. The van der Waals surface area contributed by atoms with Gasteiger partial charge < -0.3 is 14.9 Å². The molecule has 15 heavy (non-hydrogen) atoms. The zero-order valence-electron chi connectivity index (χ0n) is 9.73. The number of likely N-dealkylation sites (tertiary alicyclic amines) is 2. The Morgan fingerprint density at radius 3 is 2.07 bits per heavy atom. The summed E-state index contributed by atoms with van der Waals surface area (Å²) in [6, 6.07) is 0. The molecule has 0 spiro atoms. The van der Waals surface area contributed by atoms with E-state index in [0.29, 0.717) is 13.1 Å². The fraction of sp³-hybridized carbons (Fsp3) is 0.909. The van der Waals surface area contributed by atoms with E-state index in [1.165, 1.54) is 0 Å². The maximum atomic E-state index is 10.9. The molecule has 1 amide bonds. The Morgan fingerprint density at radius 1 is 1.20 bits per heavy atom. The molecule has 0 saturated carbocycles. The second-order valence-corrected chi connectivity index (χ2v) is 5.89. The second-order valence-electron chi connectivity index (χ2n) is 5.89. The number of amides is 1. The van der Waals surface area contributed by atoms with Crippen LogP contribution in [-0.2, 0) is 4.79 Å². The van der Waals surface area contributed by atoms with E-state index in [-0.39, 0.29) is 16.9 Å². The van der Waals surface area contributed by atoms with Crippen LogP contribution in [0.4, 0.5) is 0 Å². The van der Waals surface area contributed by atoms with Crippen molar-refractivity contribution in [2.75, 3.05) is 33.2 Å². The maximum Gasteiger partial charge on any atom is 0.209 e. The van der Waals surface area contributed by atoms with E-state index < -0.39 is 0 Å². The predicted octanol–water partition coefficient (Wildman–Crippen LogP) is -0.223. The number of aliphatic hydroxyl groups is 1. The molecule has 4 nitrogen and oxygen atoms in total. The fourth-order valence-electron chi connectivity index (χ4n) is 3.63. The largest absolute Gasteiger partial charge is 0.392 e. The highest BCUT2D eigenvalue weighted by molar-refractivity contribution is 5.48. The number of piperidine rings is 2. The Bertz CT molecular complexity index is 262. The van der Waals surface area contributed by atoms with Gasteiger partial charge in [-0.3, -0.25) is 4.79 Å². The van der Waals surface area contributed by atoms with Crippen LogP contribution >= 0.6 is 0 Å². The van der Waals surface area contributed by atoms with E-state index in [4.69, 9.17) is 0 Å². The third kappa shape index (κ3) is 1.56. The van der Waals surface area contributed by atoms with Crippen molar-refractivity contribution in [3.05, 3.63) is 0 Å². The van der Waals surface area contributed by atoms with E-state index in [0.717, 1.165) is 19.5 Å². The minimum Gasteiger partial charge on any atom is -0.392 e. The number of fused-ring (bicyclic) bond motifs is 2. The highest BCUT2D eigenvalue weighted by atomic mass is 16.3. The molecule has 2 aliphatic rings. The molecule has 86 valence electrons. The van der Waals surface area contributed by atoms with Crippen LogP contribution in [0.25, 0.3) is 0 Å². The molecule has 4 heteroatoms. The molecule has 0 aromatic heterocycles. The highest BCUT2D eigenvalue weighted by Crippen LogP contribution is 2.44. The first kappa shape index (κ1) is 10.9. The molecule has 1 unspecified atom stereocenters. The van der Waals surface area contributed by atoms with Gasteiger partial charge in [0.05, 0.1) is 6.10 Å². The SMILES string of the molecule is CN1C[C@@]2(C)CN(C=O)C[C@@](C)(C1)C2O. The molecule has 2 aliphatic heterocycles. The lowest BCUT2D eigenvalue weighted by Gasteiger charge is -2.58. The summed E-state index contributed by atoms with van der Waals surface area (Å²) in [4.78, 5) is 15.0. The van der Waals surface area contributed by atoms with Crippen LogP contribution in [0.5, 0.6) is 0 Å². The van der Waals surface area contributed by atoms with Crippen LogP contribution in [0.2, 0.25) is 0 Å². The quantitative estimate of drug-likeness (QED) is 0.611. The van der Waals surface area contributed by atoms with E-state index in [1.54, 1.807) is 4.90 Å². The summed E-state index contributed by atoms with van der Waals surface area (Å²) in [7, 11) is 2.08. The van der Waals surface area contributed by atoms with Crippen LogP contribution < -0.4 is 0 Å². The molecule has 0 aromatic carbocycles. The second kappa shape index (κ2) is 3.19. The Kier molecular flexibility index (Phi) is 2.32.